The molecule has 1 heterocycles. The normalized spacial score (nSPS) is 10.4. The topological polar surface area (TPSA) is 87.5 Å². The molecule has 0 radical (unpaired) electrons. The van der Waals surface area contributed by atoms with E-state index in [0.717, 1.165) is 24.2 Å². The van der Waals surface area contributed by atoms with E-state index >= 15 is 0 Å². The molecule has 0 bridgehead atoms. The molecule has 3 aromatic rings. The number of hydrogen-bond donors (Lipinski definition) is 2. The summed E-state index contributed by atoms with van der Waals surface area (Å²) in [6.07, 6.45) is 0.800. The van der Waals surface area contributed by atoms with Crippen molar-refractivity contribution in [3.63, 3.8) is 0 Å². The van der Waals surface area contributed by atoms with Gasteiger partial charge >= 0.3 is 0 Å². The highest BCUT2D eigenvalue weighted by Crippen LogP contribution is 2.19. The molecule has 0 saturated carbocycles. The number of carbonyl (C=O) groups is 2. The summed E-state index contributed by atoms with van der Waals surface area (Å²) in [7, 11) is 2.01. The van der Waals surface area contributed by atoms with E-state index in [1.54, 1.807) is 6.07 Å². The molecular formula is C22H24N4O3. The first kappa shape index (κ1) is 20.1. The molecule has 0 spiro atoms. The smallest absolute Gasteiger partial charge is 0.273 e. The zero-order chi connectivity index (χ0) is 20.5. The van der Waals surface area contributed by atoms with Crippen LogP contribution >= 0.6 is 0 Å². The van der Waals surface area contributed by atoms with Gasteiger partial charge in [0.2, 0.25) is 5.91 Å². The predicted molar refractivity (Wildman–Crippen MR) is 112 cm³/mol. The standard InChI is InChI=1S/C22H24N4O3/c1-26(18-11-6-3-7-12-18)14-8-13-23-21(27)16-24-22(28)19-15-20(29-25-19)17-9-4-2-5-10-17/h2-7,9-12,15H,8,13-14,16H2,1H3,(H,23,27)(H,24,28). The lowest BCUT2D eigenvalue weighted by atomic mass is 10.1. The van der Waals surface area contributed by atoms with Crippen molar-refractivity contribution < 1.29 is 14.1 Å². The van der Waals surface area contributed by atoms with Gasteiger partial charge in [-0.1, -0.05) is 53.7 Å². The first-order valence-corrected chi connectivity index (χ1v) is 9.46. The van der Waals surface area contributed by atoms with Crippen LogP contribution in [0, 0.1) is 0 Å². The third-order valence-electron chi connectivity index (χ3n) is 4.40. The minimum Gasteiger partial charge on any atom is -0.375 e. The number of hydrogen-bond acceptors (Lipinski definition) is 5. The van der Waals surface area contributed by atoms with Gasteiger partial charge in [-0.3, -0.25) is 9.59 Å². The fraction of sp³-hybridized carbons (Fsp3) is 0.227. The molecule has 0 fully saturated rings. The molecule has 0 aliphatic carbocycles. The number of aromatic nitrogens is 1. The van der Waals surface area contributed by atoms with Crippen LogP contribution in [0.5, 0.6) is 0 Å². The number of nitrogens with one attached hydrogen (secondary N) is 2. The van der Waals surface area contributed by atoms with Crippen LogP contribution in [0.3, 0.4) is 0 Å². The average molecular weight is 392 g/mol. The van der Waals surface area contributed by atoms with Gasteiger partial charge in [0.1, 0.15) is 0 Å². The van der Waals surface area contributed by atoms with Crippen LogP contribution < -0.4 is 15.5 Å². The number of benzene rings is 2. The van der Waals surface area contributed by atoms with Gasteiger partial charge in [-0.2, -0.15) is 0 Å². The van der Waals surface area contributed by atoms with Crippen LogP contribution in [0.25, 0.3) is 11.3 Å². The molecule has 0 atom stereocenters. The molecule has 0 aliphatic rings. The molecule has 1 aromatic heterocycles. The highest BCUT2D eigenvalue weighted by Gasteiger charge is 2.14. The lowest BCUT2D eigenvalue weighted by molar-refractivity contribution is -0.120. The van der Waals surface area contributed by atoms with Crippen LogP contribution in [-0.2, 0) is 4.79 Å². The van der Waals surface area contributed by atoms with Crippen molar-refractivity contribution in [3.8, 4) is 11.3 Å². The van der Waals surface area contributed by atoms with Crippen LogP contribution in [0.1, 0.15) is 16.9 Å². The molecule has 2 N–H and O–H groups in total. The Bertz CT molecular complexity index is 926. The van der Waals surface area contributed by atoms with E-state index in [2.05, 4.69) is 20.7 Å². The van der Waals surface area contributed by atoms with E-state index in [1.165, 1.54) is 0 Å². The van der Waals surface area contributed by atoms with E-state index in [-0.39, 0.29) is 18.1 Å². The lowest BCUT2D eigenvalue weighted by Crippen LogP contribution is -2.38. The van der Waals surface area contributed by atoms with E-state index in [1.807, 2.05) is 67.7 Å². The van der Waals surface area contributed by atoms with E-state index in [9.17, 15) is 9.59 Å². The second kappa shape index (κ2) is 10.1. The highest BCUT2D eigenvalue weighted by atomic mass is 16.5. The highest BCUT2D eigenvalue weighted by molar-refractivity contribution is 5.95. The van der Waals surface area contributed by atoms with Gasteiger partial charge in [0.15, 0.2) is 11.5 Å². The monoisotopic (exact) mass is 392 g/mol. The maximum Gasteiger partial charge on any atom is 0.273 e. The molecule has 7 nitrogen and oxygen atoms in total. The quantitative estimate of drug-likeness (QED) is 0.547. The number of carbonyl (C=O) groups excluding carboxylic acids is 2. The zero-order valence-corrected chi connectivity index (χ0v) is 16.3. The largest absolute Gasteiger partial charge is 0.375 e. The number of nitrogens with zero attached hydrogens (tertiary/aromatic N) is 2. The predicted octanol–water partition coefficient (Wildman–Crippen LogP) is 2.71. The van der Waals surface area contributed by atoms with Gasteiger partial charge in [0.05, 0.1) is 6.54 Å². The summed E-state index contributed by atoms with van der Waals surface area (Å²) < 4.78 is 5.20. The Morgan fingerprint density at radius 2 is 1.69 bits per heavy atom. The Morgan fingerprint density at radius 3 is 2.41 bits per heavy atom. The van der Waals surface area contributed by atoms with Crippen molar-refractivity contribution in [1.29, 1.82) is 0 Å². The minimum absolute atomic E-state index is 0.110. The van der Waals surface area contributed by atoms with Gasteiger partial charge in [-0.25, -0.2) is 0 Å². The number of anilines is 1. The second-order valence-corrected chi connectivity index (χ2v) is 6.59. The summed E-state index contributed by atoms with van der Waals surface area (Å²) >= 11 is 0. The first-order chi connectivity index (χ1) is 14.1. The van der Waals surface area contributed by atoms with E-state index < -0.39 is 5.91 Å². The van der Waals surface area contributed by atoms with Crippen LogP contribution in [0.15, 0.2) is 71.3 Å². The molecule has 150 valence electrons. The third-order valence-corrected chi connectivity index (χ3v) is 4.40. The fourth-order valence-corrected chi connectivity index (χ4v) is 2.79. The number of para-hydroxylation sites is 1. The molecule has 2 aromatic carbocycles. The summed E-state index contributed by atoms with van der Waals surface area (Å²) in [5, 5.41) is 9.13. The van der Waals surface area contributed by atoms with Crippen LogP contribution in [0.2, 0.25) is 0 Å². The van der Waals surface area contributed by atoms with Crippen molar-refractivity contribution in [2.75, 3.05) is 31.6 Å². The Balaban J connectivity index is 1.36. The first-order valence-electron chi connectivity index (χ1n) is 9.46. The van der Waals surface area contributed by atoms with Crippen LogP contribution in [-0.4, -0.2) is 43.7 Å². The number of rotatable bonds is 9. The lowest BCUT2D eigenvalue weighted by Gasteiger charge is -2.19. The van der Waals surface area contributed by atoms with Crippen molar-refractivity contribution in [2.24, 2.45) is 0 Å². The number of amides is 2. The summed E-state index contributed by atoms with van der Waals surface area (Å²) in [5.41, 5.74) is 2.10. The summed E-state index contributed by atoms with van der Waals surface area (Å²) in [4.78, 5) is 26.2. The van der Waals surface area contributed by atoms with Gasteiger partial charge in [-0.15, -0.1) is 0 Å². The van der Waals surface area contributed by atoms with Crippen molar-refractivity contribution in [1.82, 2.24) is 15.8 Å². The van der Waals surface area contributed by atoms with E-state index in [0.29, 0.717) is 12.3 Å². The van der Waals surface area contributed by atoms with Gasteiger partial charge in [0, 0.05) is 37.5 Å². The van der Waals surface area contributed by atoms with Crippen molar-refractivity contribution >= 4 is 17.5 Å². The Kier molecular flexibility index (Phi) is 7.00. The second-order valence-electron chi connectivity index (χ2n) is 6.59. The Hall–Kier alpha value is -3.61. The SMILES string of the molecule is CN(CCCNC(=O)CNC(=O)c1cc(-c2ccccc2)on1)c1ccccc1. The molecule has 0 unspecified atom stereocenters. The van der Waals surface area contributed by atoms with Gasteiger partial charge in [-0.05, 0) is 18.6 Å². The minimum atomic E-state index is -0.449. The Morgan fingerprint density at radius 1 is 1.00 bits per heavy atom. The Labute approximate surface area is 169 Å². The maximum absolute atomic E-state index is 12.1. The summed E-state index contributed by atoms with van der Waals surface area (Å²) in [5.74, 6) is -0.190. The van der Waals surface area contributed by atoms with Crippen molar-refractivity contribution in [2.45, 2.75) is 6.42 Å². The molecule has 3 rings (SSSR count). The third kappa shape index (κ3) is 5.93. The summed E-state index contributed by atoms with van der Waals surface area (Å²) in [6.45, 7) is 1.24. The molecule has 0 saturated heterocycles. The van der Waals surface area contributed by atoms with E-state index in [4.69, 9.17) is 4.52 Å². The fourth-order valence-electron chi connectivity index (χ4n) is 2.79. The molecule has 2 amide bonds. The van der Waals surface area contributed by atoms with Gasteiger partial charge in [0.25, 0.3) is 5.91 Å². The van der Waals surface area contributed by atoms with Gasteiger partial charge < -0.3 is 20.1 Å². The summed E-state index contributed by atoms with van der Waals surface area (Å²) in [6, 6.07) is 21.0. The molecule has 7 heteroatoms. The maximum atomic E-state index is 12.1. The molecule has 29 heavy (non-hydrogen) atoms. The molecular weight excluding hydrogens is 368 g/mol. The zero-order valence-electron chi connectivity index (χ0n) is 16.3. The van der Waals surface area contributed by atoms with Crippen LogP contribution in [0.4, 0.5) is 5.69 Å². The average Bonchev–Trinajstić information content (AvgIpc) is 3.26. The molecule has 0 aliphatic heterocycles. The van der Waals surface area contributed by atoms with Crippen molar-refractivity contribution in [3.05, 3.63) is 72.4 Å².